The van der Waals surface area contributed by atoms with E-state index < -0.39 is 11.8 Å². The van der Waals surface area contributed by atoms with Crippen LogP contribution in [-0.2, 0) is 16.1 Å². The van der Waals surface area contributed by atoms with Crippen molar-refractivity contribution in [2.45, 2.75) is 19.5 Å². The number of carbonyl (C=O) groups is 2. The Bertz CT molecular complexity index is 802. The number of hydrogen-bond acceptors (Lipinski definition) is 5. The zero-order valence-corrected chi connectivity index (χ0v) is 17.1. The topological polar surface area (TPSA) is 77.6 Å². The summed E-state index contributed by atoms with van der Waals surface area (Å²) in [7, 11) is 2.12. The second kappa shape index (κ2) is 10.1. The third-order valence-electron chi connectivity index (χ3n) is 5.31. The summed E-state index contributed by atoms with van der Waals surface area (Å²) < 4.78 is 0. The molecule has 29 heavy (non-hydrogen) atoms. The molecular formula is C22H29N5O2. The van der Waals surface area contributed by atoms with E-state index >= 15 is 0 Å². The lowest BCUT2D eigenvalue weighted by Gasteiger charge is -2.38. The van der Waals surface area contributed by atoms with Gasteiger partial charge in [0.15, 0.2) is 0 Å². The van der Waals surface area contributed by atoms with Crippen LogP contribution in [-0.4, -0.2) is 66.4 Å². The lowest BCUT2D eigenvalue weighted by Crippen LogP contribution is -2.49. The zero-order valence-electron chi connectivity index (χ0n) is 17.1. The average molecular weight is 396 g/mol. The standard InChI is InChI=1S/C22H29N5O2/c1-17-3-5-19(6-4-17)20(27-13-11-26(2)12-14-27)16-25-22(29)21(28)24-15-18-7-9-23-10-8-18/h3-10,20H,11-16H2,1-2H3,(H,24,28)(H,25,29)/t20-/m0/s1. The first-order valence-electron chi connectivity index (χ1n) is 9.97. The number of nitrogens with zero attached hydrogens (tertiary/aromatic N) is 3. The minimum atomic E-state index is -0.622. The van der Waals surface area contributed by atoms with E-state index in [9.17, 15) is 9.59 Å². The second-order valence-electron chi connectivity index (χ2n) is 7.51. The molecule has 1 aliphatic rings. The maximum Gasteiger partial charge on any atom is 0.309 e. The van der Waals surface area contributed by atoms with Crippen molar-refractivity contribution in [2.24, 2.45) is 0 Å². The SMILES string of the molecule is Cc1ccc([C@H](CNC(=O)C(=O)NCc2ccncc2)N2CCN(C)CC2)cc1. The molecule has 0 saturated carbocycles. The number of rotatable bonds is 6. The highest BCUT2D eigenvalue weighted by Crippen LogP contribution is 2.22. The summed E-state index contributed by atoms with van der Waals surface area (Å²) in [5.41, 5.74) is 3.25. The van der Waals surface area contributed by atoms with E-state index in [1.807, 2.05) is 0 Å². The quantitative estimate of drug-likeness (QED) is 0.717. The fourth-order valence-corrected chi connectivity index (χ4v) is 3.41. The molecule has 1 fully saturated rings. The monoisotopic (exact) mass is 395 g/mol. The summed E-state index contributed by atoms with van der Waals surface area (Å²) in [4.78, 5) is 33.1. The van der Waals surface area contributed by atoms with Crippen molar-refractivity contribution < 1.29 is 9.59 Å². The Morgan fingerprint density at radius 2 is 1.59 bits per heavy atom. The fourth-order valence-electron chi connectivity index (χ4n) is 3.41. The molecule has 2 amide bonds. The molecule has 1 aromatic carbocycles. The van der Waals surface area contributed by atoms with E-state index in [0.717, 1.165) is 37.3 Å². The number of hydrogen-bond donors (Lipinski definition) is 2. The van der Waals surface area contributed by atoms with Gasteiger partial charge in [-0.2, -0.15) is 0 Å². The third-order valence-corrected chi connectivity index (χ3v) is 5.31. The van der Waals surface area contributed by atoms with Gasteiger partial charge in [-0.25, -0.2) is 0 Å². The van der Waals surface area contributed by atoms with Crippen LogP contribution in [0, 0.1) is 6.92 Å². The molecule has 2 heterocycles. The summed E-state index contributed by atoms with van der Waals surface area (Å²) >= 11 is 0. The molecule has 0 radical (unpaired) electrons. The minimum absolute atomic E-state index is 0.0428. The smallest absolute Gasteiger partial charge is 0.309 e. The Morgan fingerprint density at radius 1 is 0.966 bits per heavy atom. The molecule has 2 N–H and O–H groups in total. The molecule has 0 bridgehead atoms. The third kappa shape index (κ3) is 6.10. The number of carbonyl (C=O) groups excluding carboxylic acids is 2. The number of aryl methyl sites for hydroxylation is 1. The van der Waals surface area contributed by atoms with Crippen molar-refractivity contribution in [1.29, 1.82) is 0 Å². The van der Waals surface area contributed by atoms with Crippen molar-refractivity contribution in [1.82, 2.24) is 25.4 Å². The molecule has 1 aromatic heterocycles. The van der Waals surface area contributed by atoms with Gasteiger partial charge in [0.25, 0.3) is 0 Å². The molecule has 7 heteroatoms. The van der Waals surface area contributed by atoms with Crippen molar-refractivity contribution in [3.8, 4) is 0 Å². The van der Waals surface area contributed by atoms with E-state index in [-0.39, 0.29) is 6.04 Å². The Hall–Kier alpha value is -2.77. The molecule has 0 spiro atoms. The number of pyridine rings is 1. The summed E-state index contributed by atoms with van der Waals surface area (Å²) in [5.74, 6) is -1.23. The highest BCUT2D eigenvalue weighted by Gasteiger charge is 2.25. The molecule has 7 nitrogen and oxygen atoms in total. The lowest BCUT2D eigenvalue weighted by molar-refractivity contribution is -0.139. The van der Waals surface area contributed by atoms with Crippen LogP contribution in [0.5, 0.6) is 0 Å². The first-order chi connectivity index (χ1) is 14.0. The lowest BCUT2D eigenvalue weighted by atomic mass is 10.0. The number of amides is 2. The molecule has 1 aliphatic heterocycles. The molecule has 0 aliphatic carbocycles. The number of likely N-dealkylation sites (N-methyl/N-ethyl adjacent to an activating group) is 1. The number of nitrogens with one attached hydrogen (secondary N) is 2. The van der Waals surface area contributed by atoms with Crippen LogP contribution in [0.3, 0.4) is 0 Å². The van der Waals surface area contributed by atoms with Crippen molar-refractivity contribution >= 4 is 11.8 Å². The molecule has 0 unspecified atom stereocenters. The maximum absolute atomic E-state index is 12.3. The second-order valence-corrected chi connectivity index (χ2v) is 7.51. The highest BCUT2D eigenvalue weighted by molar-refractivity contribution is 6.35. The molecule has 1 atom stereocenters. The van der Waals surface area contributed by atoms with Crippen molar-refractivity contribution in [2.75, 3.05) is 39.8 Å². The zero-order chi connectivity index (χ0) is 20.6. The Kier molecular flexibility index (Phi) is 7.32. The Morgan fingerprint density at radius 3 is 2.24 bits per heavy atom. The first kappa shape index (κ1) is 21.0. The van der Waals surface area contributed by atoms with Crippen LogP contribution < -0.4 is 10.6 Å². The van der Waals surface area contributed by atoms with Crippen molar-refractivity contribution in [3.05, 3.63) is 65.5 Å². The molecule has 3 rings (SSSR count). The molecule has 1 saturated heterocycles. The Labute approximate surface area is 172 Å². The van der Waals surface area contributed by atoms with Gasteiger partial charge >= 0.3 is 11.8 Å². The fraction of sp³-hybridized carbons (Fsp3) is 0.409. The van der Waals surface area contributed by atoms with Gasteiger partial charge in [0.05, 0.1) is 6.04 Å². The van der Waals surface area contributed by atoms with Gasteiger partial charge in [-0.1, -0.05) is 29.8 Å². The predicted octanol–water partition coefficient (Wildman–Crippen LogP) is 1.11. The van der Waals surface area contributed by atoms with Gasteiger partial charge in [0.1, 0.15) is 0 Å². The molecule has 154 valence electrons. The van der Waals surface area contributed by atoms with E-state index in [2.05, 4.69) is 63.7 Å². The van der Waals surface area contributed by atoms with Gasteiger partial charge < -0.3 is 15.5 Å². The van der Waals surface area contributed by atoms with E-state index in [1.54, 1.807) is 24.5 Å². The van der Waals surface area contributed by atoms with E-state index in [1.165, 1.54) is 5.56 Å². The van der Waals surface area contributed by atoms with Crippen LogP contribution in [0.4, 0.5) is 0 Å². The van der Waals surface area contributed by atoms with Gasteiger partial charge in [0.2, 0.25) is 0 Å². The number of benzene rings is 1. The van der Waals surface area contributed by atoms with Gasteiger partial charge in [-0.05, 0) is 37.2 Å². The Balaban J connectivity index is 1.59. The van der Waals surface area contributed by atoms with Gasteiger partial charge in [-0.15, -0.1) is 0 Å². The van der Waals surface area contributed by atoms with E-state index in [4.69, 9.17) is 0 Å². The first-order valence-corrected chi connectivity index (χ1v) is 9.97. The molecular weight excluding hydrogens is 366 g/mol. The number of piperazine rings is 1. The maximum atomic E-state index is 12.3. The average Bonchev–Trinajstić information content (AvgIpc) is 2.75. The summed E-state index contributed by atoms with van der Waals surface area (Å²) in [6, 6.07) is 12.0. The van der Waals surface area contributed by atoms with Crippen LogP contribution in [0.15, 0.2) is 48.8 Å². The summed E-state index contributed by atoms with van der Waals surface area (Å²) in [6.45, 7) is 6.59. The minimum Gasteiger partial charge on any atom is -0.346 e. The summed E-state index contributed by atoms with van der Waals surface area (Å²) in [5, 5.41) is 5.48. The predicted molar refractivity (Wildman–Crippen MR) is 112 cm³/mol. The van der Waals surface area contributed by atoms with Crippen LogP contribution in [0.25, 0.3) is 0 Å². The van der Waals surface area contributed by atoms with Gasteiger partial charge in [0, 0.05) is 51.7 Å². The van der Waals surface area contributed by atoms with Gasteiger partial charge in [-0.3, -0.25) is 19.5 Å². The largest absolute Gasteiger partial charge is 0.346 e. The molecule has 2 aromatic rings. The van der Waals surface area contributed by atoms with Crippen molar-refractivity contribution in [3.63, 3.8) is 0 Å². The highest BCUT2D eigenvalue weighted by atomic mass is 16.2. The van der Waals surface area contributed by atoms with Crippen LogP contribution in [0.1, 0.15) is 22.7 Å². The summed E-state index contributed by atoms with van der Waals surface area (Å²) in [6.07, 6.45) is 3.31. The van der Waals surface area contributed by atoms with E-state index in [0.29, 0.717) is 13.1 Å². The number of aromatic nitrogens is 1. The van der Waals surface area contributed by atoms with Crippen LogP contribution >= 0.6 is 0 Å². The normalized spacial score (nSPS) is 16.2. The van der Waals surface area contributed by atoms with Crippen LogP contribution in [0.2, 0.25) is 0 Å².